The summed E-state index contributed by atoms with van der Waals surface area (Å²) in [6, 6.07) is 13.3. The van der Waals surface area contributed by atoms with Gasteiger partial charge in [0, 0.05) is 12.1 Å². The second kappa shape index (κ2) is 10.1. The molecular formula is C21H21Cl2N5OS. The zero-order chi connectivity index (χ0) is 21.7. The van der Waals surface area contributed by atoms with Crippen LogP contribution in [0.2, 0.25) is 10.0 Å². The van der Waals surface area contributed by atoms with Crippen LogP contribution in [0.25, 0.3) is 11.4 Å². The summed E-state index contributed by atoms with van der Waals surface area (Å²) in [6.45, 7) is 6.55. The van der Waals surface area contributed by atoms with Gasteiger partial charge in [-0.25, -0.2) is 5.43 Å². The van der Waals surface area contributed by atoms with Crippen LogP contribution >= 0.6 is 35.0 Å². The van der Waals surface area contributed by atoms with Crippen molar-refractivity contribution < 1.29 is 4.79 Å². The first-order chi connectivity index (χ1) is 14.4. The first-order valence-corrected chi connectivity index (χ1v) is 11.0. The molecule has 1 amide bonds. The molecule has 0 radical (unpaired) electrons. The van der Waals surface area contributed by atoms with E-state index >= 15 is 0 Å². The molecule has 9 heteroatoms. The highest BCUT2D eigenvalue weighted by atomic mass is 35.5. The van der Waals surface area contributed by atoms with Crippen LogP contribution in [0.1, 0.15) is 25.0 Å². The van der Waals surface area contributed by atoms with Crippen molar-refractivity contribution in [3.05, 3.63) is 63.6 Å². The molecule has 0 fully saturated rings. The molecule has 3 rings (SSSR count). The lowest BCUT2D eigenvalue weighted by Crippen LogP contribution is -2.21. The largest absolute Gasteiger partial charge is 0.302 e. The molecule has 156 valence electrons. The van der Waals surface area contributed by atoms with Crippen molar-refractivity contribution >= 4 is 46.6 Å². The summed E-state index contributed by atoms with van der Waals surface area (Å²) in [5.74, 6) is 0.723. The third-order valence-electron chi connectivity index (χ3n) is 4.36. The van der Waals surface area contributed by atoms with E-state index in [0.29, 0.717) is 27.5 Å². The van der Waals surface area contributed by atoms with Gasteiger partial charge in [0.2, 0.25) is 0 Å². The summed E-state index contributed by atoms with van der Waals surface area (Å²) < 4.78 is 1.99. The molecule has 0 saturated carbocycles. The molecule has 0 aliphatic carbocycles. The molecule has 0 atom stereocenters. The molecule has 0 saturated heterocycles. The van der Waals surface area contributed by atoms with Crippen LogP contribution in [-0.2, 0) is 11.3 Å². The smallest absolute Gasteiger partial charge is 0.250 e. The van der Waals surface area contributed by atoms with E-state index in [1.54, 1.807) is 25.1 Å². The normalized spacial score (nSPS) is 11.6. The molecule has 0 aliphatic rings. The van der Waals surface area contributed by atoms with Crippen LogP contribution in [0.3, 0.4) is 0 Å². The van der Waals surface area contributed by atoms with Gasteiger partial charge >= 0.3 is 0 Å². The van der Waals surface area contributed by atoms with Gasteiger partial charge < -0.3 is 4.57 Å². The molecule has 1 N–H and O–H groups in total. The Kier molecular flexibility index (Phi) is 7.53. The van der Waals surface area contributed by atoms with Gasteiger partial charge in [-0.15, -0.1) is 10.2 Å². The fourth-order valence-corrected chi connectivity index (χ4v) is 3.78. The lowest BCUT2D eigenvalue weighted by atomic mass is 10.1. The van der Waals surface area contributed by atoms with Crippen LogP contribution in [0, 0.1) is 6.92 Å². The van der Waals surface area contributed by atoms with E-state index in [4.69, 9.17) is 23.2 Å². The molecule has 1 heterocycles. The van der Waals surface area contributed by atoms with Crippen molar-refractivity contribution in [3.63, 3.8) is 0 Å². The summed E-state index contributed by atoms with van der Waals surface area (Å²) in [7, 11) is 0. The Hall–Kier alpha value is -2.35. The monoisotopic (exact) mass is 461 g/mol. The van der Waals surface area contributed by atoms with Gasteiger partial charge in [0.25, 0.3) is 5.91 Å². The highest BCUT2D eigenvalue weighted by Gasteiger charge is 2.14. The Morgan fingerprint density at radius 2 is 1.87 bits per heavy atom. The third kappa shape index (κ3) is 5.41. The summed E-state index contributed by atoms with van der Waals surface area (Å²) in [5.41, 5.74) is 6.15. The quantitative estimate of drug-likeness (QED) is 0.297. The molecule has 0 aliphatic heterocycles. The van der Waals surface area contributed by atoms with E-state index < -0.39 is 0 Å². The number of nitrogens with zero attached hydrogens (tertiary/aromatic N) is 4. The van der Waals surface area contributed by atoms with Crippen molar-refractivity contribution in [2.45, 2.75) is 32.5 Å². The van der Waals surface area contributed by atoms with Gasteiger partial charge in [-0.2, -0.15) is 5.10 Å². The topological polar surface area (TPSA) is 72.2 Å². The number of aryl methyl sites for hydroxylation is 1. The number of benzene rings is 2. The number of hydrazone groups is 1. The molecule has 1 aromatic heterocycles. The van der Waals surface area contributed by atoms with Crippen molar-refractivity contribution in [1.82, 2.24) is 20.2 Å². The minimum absolute atomic E-state index is 0.171. The van der Waals surface area contributed by atoms with Gasteiger partial charge in [-0.3, -0.25) is 4.79 Å². The fraction of sp³-hybridized carbons (Fsp3) is 0.238. The van der Waals surface area contributed by atoms with E-state index in [1.165, 1.54) is 17.3 Å². The summed E-state index contributed by atoms with van der Waals surface area (Å²) >= 11 is 13.3. The Labute approximate surface area is 189 Å². The van der Waals surface area contributed by atoms with Gasteiger partial charge in [0.05, 0.1) is 21.5 Å². The Morgan fingerprint density at radius 3 is 2.53 bits per heavy atom. The summed E-state index contributed by atoms with van der Waals surface area (Å²) in [4.78, 5) is 12.2. The predicted octanol–water partition coefficient (Wildman–Crippen LogP) is 5.21. The standard InChI is InChI=1S/C21H21Cl2N5OS/c1-4-28-20(15-7-5-13(2)6-8-15)26-27-21(28)30-12-19(29)25-24-14(3)16-9-10-17(22)18(23)11-16/h5-11H,4,12H2,1-3H3,(H,25,29)/b24-14+. The Bertz CT molecular complexity index is 1080. The summed E-state index contributed by atoms with van der Waals surface area (Å²) in [5, 5.41) is 14.3. The molecule has 2 aromatic carbocycles. The minimum atomic E-state index is -0.234. The SMILES string of the molecule is CCn1c(SCC(=O)N/N=C(\C)c2ccc(Cl)c(Cl)c2)nnc1-c1ccc(C)cc1. The number of amides is 1. The van der Waals surface area contributed by atoms with Crippen molar-refractivity contribution in [3.8, 4) is 11.4 Å². The number of rotatable bonds is 7. The van der Waals surface area contributed by atoms with Crippen molar-refractivity contribution in [2.75, 3.05) is 5.75 Å². The van der Waals surface area contributed by atoms with Gasteiger partial charge in [-0.05, 0) is 38.5 Å². The van der Waals surface area contributed by atoms with Crippen LogP contribution in [0.4, 0.5) is 0 Å². The number of aromatic nitrogens is 3. The molecule has 0 unspecified atom stereocenters. The minimum Gasteiger partial charge on any atom is -0.302 e. The van der Waals surface area contributed by atoms with E-state index in [0.717, 1.165) is 17.0 Å². The highest BCUT2D eigenvalue weighted by Crippen LogP contribution is 2.24. The molecular weight excluding hydrogens is 441 g/mol. The number of hydrogen-bond donors (Lipinski definition) is 1. The van der Waals surface area contributed by atoms with E-state index in [1.807, 2.05) is 42.7 Å². The van der Waals surface area contributed by atoms with Crippen LogP contribution in [0.5, 0.6) is 0 Å². The van der Waals surface area contributed by atoms with Gasteiger partial charge in [0.15, 0.2) is 11.0 Å². The van der Waals surface area contributed by atoms with Crippen LogP contribution < -0.4 is 5.43 Å². The average Bonchev–Trinajstić information content (AvgIpc) is 3.15. The Balaban J connectivity index is 1.63. The highest BCUT2D eigenvalue weighted by molar-refractivity contribution is 7.99. The number of carbonyl (C=O) groups excluding carboxylic acids is 1. The van der Waals surface area contributed by atoms with Gasteiger partial charge in [-0.1, -0.05) is 70.9 Å². The maximum atomic E-state index is 12.2. The third-order valence-corrected chi connectivity index (χ3v) is 6.07. The van der Waals surface area contributed by atoms with Crippen molar-refractivity contribution in [1.29, 1.82) is 0 Å². The predicted molar refractivity (Wildman–Crippen MR) is 123 cm³/mol. The van der Waals surface area contributed by atoms with E-state index in [2.05, 4.69) is 20.7 Å². The first-order valence-electron chi connectivity index (χ1n) is 9.30. The first kappa shape index (κ1) is 22.3. The van der Waals surface area contributed by atoms with Gasteiger partial charge in [0.1, 0.15) is 0 Å². The number of halogens is 2. The molecule has 3 aromatic rings. The zero-order valence-corrected chi connectivity index (χ0v) is 19.1. The van der Waals surface area contributed by atoms with E-state index in [9.17, 15) is 4.79 Å². The maximum absolute atomic E-state index is 12.2. The van der Waals surface area contributed by atoms with Crippen molar-refractivity contribution in [2.24, 2.45) is 5.10 Å². The molecule has 0 spiro atoms. The van der Waals surface area contributed by atoms with E-state index in [-0.39, 0.29) is 11.7 Å². The second-order valence-electron chi connectivity index (χ2n) is 6.57. The maximum Gasteiger partial charge on any atom is 0.250 e. The number of carbonyl (C=O) groups is 1. The molecule has 0 bridgehead atoms. The number of nitrogens with one attached hydrogen (secondary N) is 1. The Morgan fingerprint density at radius 1 is 1.13 bits per heavy atom. The molecule has 6 nitrogen and oxygen atoms in total. The average molecular weight is 462 g/mol. The number of thioether (sulfide) groups is 1. The van der Waals surface area contributed by atoms with Crippen LogP contribution in [-0.4, -0.2) is 32.1 Å². The second-order valence-corrected chi connectivity index (χ2v) is 8.32. The summed E-state index contributed by atoms with van der Waals surface area (Å²) in [6.07, 6.45) is 0. The lowest BCUT2D eigenvalue weighted by Gasteiger charge is -2.07. The zero-order valence-electron chi connectivity index (χ0n) is 16.8. The number of hydrogen-bond acceptors (Lipinski definition) is 5. The van der Waals surface area contributed by atoms with Crippen LogP contribution in [0.15, 0.2) is 52.7 Å². The lowest BCUT2D eigenvalue weighted by molar-refractivity contribution is -0.118. The fourth-order valence-electron chi connectivity index (χ4n) is 2.69. The molecule has 30 heavy (non-hydrogen) atoms.